The maximum atomic E-state index is 12.2. The van der Waals surface area contributed by atoms with Crippen molar-refractivity contribution in [2.45, 2.75) is 18.7 Å². The third-order valence-corrected chi connectivity index (χ3v) is 4.16. The molecule has 1 aromatic carbocycles. The highest BCUT2D eigenvalue weighted by molar-refractivity contribution is 7.89. The van der Waals surface area contributed by atoms with Crippen molar-refractivity contribution in [1.82, 2.24) is 9.55 Å². The Bertz CT molecular complexity index is 809. The van der Waals surface area contributed by atoms with Crippen molar-refractivity contribution in [3.63, 3.8) is 0 Å². The summed E-state index contributed by atoms with van der Waals surface area (Å²) in [6, 6.07) is 2.83. The number of nitrogens with one attached hydrogen (secondary N) is 1. The molecule has 0 fully saturated rings. The highest BCUT2D eigenvalue weighted by Gasteiger charge is 2.16. The quantitative estimate of drug-likeness (QED) is 0.879. The van der Waals surface area contributed by atoms with E-state index in [0.29, 0.717) is 11.4 Å². The number of aryl methyl sites for hydroxylation is 2. The van der Waals surface area contributed by atoms with E-state index >= 15 is 0 Å². The van der Waals surface area contributed by atoms with Crippen LogP contribution in [0, 0.1) is 13.8 Å². The smallest absolute Gasteiger partial charge is 0.273 e. The Balaban J connectivity index is 2.43. The number of aromatic nitrogens is 2. The lowest BCUT2D eigenvalue weighted by Crippen LogP contribution is -2.18. The Morgan fingerprint density at radius 3 is 2.52 bits per heavy atom. The molecule has 0 aliphatic heterocycles. The number of anilines is 1. The first kappa shape index (κ1) is 15.2. The van der Waals surface area contributed by atoms with Gasteiger partial charge in [-0.1, -0.05) is 0 Å². The summed E-state index contributed by atoms with van der Waals surface area (Å²) in [6.45, 7) is 3.55. The standard InChI is InChI=1S/C13H16N4O3S/c1-8-4-10(21(14,19)20)5-11(9(8)2)16-13(18)12-6-15-7-17(12)3/h4-7H,1-3H3,(H,16,18)(H2,14,19,20). The molecule has 0 saturated heterocycles. The van der Waals surface area contributed by atoms with Crippen LogP contribution in [0.1, 0.15) is 21.6 Å². The number of amides is 1. The van der Waals surface area contributed by atoms with Crippen molar-refractivity contribution in [1.29, 1.82) is 0 Å². The topological polar surface area (TPSA) is 107 Å². The van der Waals surface area contributed by atoms with Gasteiger partial charge >= 0.3 is 0 Å². The predicted molar refractivity (Wildman–Crippen MR) is 78.5 cm³/mol. The van der Waals surface area contributed by atoms with E-state index < -0.39 is 10.0 Å². The molecule has 1 aromatic heterocycles. The van der Waals surface area contributed by atoms with Gasteiger partial charge in [-0.3, -0.25) is 4.79 Å². The average Bonchev–Trinajstić information content (AvgIpc) is 2.79. The first-order valence-corrected chi connectivity index (χ1v) is 7.66. The van der Waals surface area contributed by atoms with Gasteiger partial charge < -0.3 is 9.88 Å². The molecule has 0 atom stereocenters. The van der Waals surface area contributed by atoms with Gasteiger partial charge in [0.25, 0.3) is 5.91 Å². The van der Waals surface area contributed by atoms with Crippen LogP contribution in [0.3, 0.4) is 0 Å². The minimum atomic E-state index is -3.83. The van der Waals surface area contributed by atoms with Gasteiger partial charge in [-0.15, -0.1) is 0 Å². The number of sulfonamides is 1. The number of rotatable bonds is 3. The van der Waals surface area contributed by atoms with Crippen molar-refractivity contribution in [3.05, 3.63) is 41.5 Å². The molecular formula is C13H16N4O3S. The Labute approximate surface area is 122 Å². The minimum Gasteiger partial charge on any atom is -0.330 e. The molecule has 1 amide bonds. The van der Waals surface area contributed by atoms with Crippen LogP contribution in [0.2, 0.25) is 0 Å². The van der Waals surface area contributed by atoms with Crippen LogP contribution in [0.25, 0.3) is 0 Å². The first-order chi connectivity index (χ1) is 9.70. The maximum Gasteiger partial charge on any atom is 0.273 e. The van der Waals surface area contributed by atoms with Gasteiger partial charge in [0.05, 0.1) is 17.4 Å². The van der Waals surface area contributed by atoms with E-state index in [2.05, 4.69) is 10.3 Å². The minimum absolute atomic E-state index is 0.0362. The molecule has 0 aliphatic rings. The Kier molecular flexibility index (Phi) is 3.84. The van der Waals surface area contributed by atoms with E-state index in [9.17, 15) is 13.2 Å². The number of nitrogens with zero attached hydrogens (tertiary/aromatic N) is 2. The Morgan fingerprint density at radius 2 is 2.00 bits per heavy atom. The van der Waals surface area contributed by atoms with Gasteiger partial charge in [0, 0.05) is 12.7 Å². The SMILES string of the molecule is Cc1cc(S(N)(=O)=O)cc(NC(=O)c2cncn2C)c1C. The summed E-state index contributed by atoms with van der Waals surface area (Å²) in [6.07, 6.45) is 2.94. The summed E-state index contributed by atoms with van der Waals surface area (Å²) in [5.74, 6) is -0.371. The van der Waals surface area contributed by atoms with Gasteiger partial charge in [-0.25, -0.2) is 18.5 Å². The molecule has 21 heavy (non-hydrogen) atoms. The van der Waals surface area contributed by atoms with E-state index in [-0.39, 0.29) is 10.8 Å². The molecule has 2 rings (SSSR count). The number of primary sulfonamides is 1. The summed E-state index contributed by atoms with van der Waals surface area (Å²) < 4.78 is 24.5. The second kappa shape index (κ2) is 5.30. The highest BCUT2D eigenvalue weighted by Crippen LogP contribution is 2.24. The van der Waals surface area contributed by atoms with E-state index in [1.165, 1.54) is 24.7 Å². The molecule has 112 valence electrons. The van der Waals surface area contributed by atoms with Crippen LogP contribution in [-0.4, -0.2) is 23.9 Å². The van der Waals surface area contributed by atoms with Gasteiger partial charge in [-0.05, 0) is 37.1 Å². The maximum absolute atomic E-state index is 12.2. The largest absolute Gasteiger partial charge is 0.330 e. The third kappa shape index (κ3) is 3.11. The van der Waals surface area contributed by atoms with Crippen molar-refractivity contribution < 1.29 is 13.2 Å². The van der Waals surface area contributed by atoms with Crippen LogP contribution in [-0.2, 0) is 17.1 Å². The zero-order valence-corrected chi connectivity index (χ0v) is 12.7. The summed E-state index contributed by atoms with van der Waals surface area (Å²) >= 11 is 0. The molecule has 0 bridgehead atoms. The predicted octanol–water partition coefficient (Wildman–Crippen LogP) is 0.937. The molecule has 8 heteroatoms. The van der Waals surface area contributed by atoms with Crippen LogP contribution in [0.15, 0.2) is 29.6 Å². The lowest BCUT2D eigenvalue weighted by Gasteiger charge is -2.12. The zero-order chi connectivity index (χ0) is 15.8. The molecule has 3 N–H and O–H groups in total. The van der Waals surface area contributed by atoms with Crippen LogP contribution >= 0.6 is 0 Å². The Morgan fingerprint density at radius 1 is 1.33 bits per heavy atom. The normalized spacial score (nSPS) is 11.4. The third-order valence-electron chi connectivity index (χ3n) is 3.27. The fourth-order valence-corrected chi connectivity index (χ4v) is 2.51. The highest BCUT2D eigenvalue weighted by atomic mass is 32.2. The number of carbonyl (C=O) groups excluding carboxylic acids is 1. The number of imidazole rings is 1. The second-order valence-electron chi connectivity index (χ2n) is 4.80. The van der Waals surface area contributed by atoms with Gasteiger partial charge in [0.15, 0.2) is 0 Å². The van der Waals surface area contributed by atoms with E-state index in [1.807, 2.05) is 0 Å². The number of benzene rings is 1. The molecule has 0 unspecified atom stereocenters. The van der Waals surface area contributed by atoms with Crippen LogP contribution < -0.4 is 10.5 Å². The van der Waals surface area contributed by atoms with Gasteiger partial charge in [-0.2, -0.15) is 0 Å². The molecule has 1 heterocycles. The van der Waals surface area contributed by atoms with Crippen molar-refractivity contribution in [2.75, 3.05) is 5.32 Å². The first-order valence-electron chi connectivity index (χ1n) is 6.12. The van der Waals surface area contributed by atoms with Crippen LogP contribution in [0.5, 0.6) is 0 Å². The summed E-state index contributed by atoms with van der Waals surface area (Å²) in [4.78, 5) is 16.0. The number of hydrogen-bond donors (Lipinski definition) is 2. The summed E-state index contributed by atoms with van der Waals surface area (Å²) in [7, 11) is -2.14. The lowest BCUT2D eigenvalue weighted by atomic mass is 10.1. The molecule has 0 radical (unpaired) electrons. The molecule has 0 aliphatic carbocycles. The second-order valence-corrected chi connectivity index (χ2v) is 6.36. The Hall–Kier alpha value is -2.19. The van der Waals surface area contributed by atoms with Crippen molar-refractivity contribution in [3.8, 4) is 0 Å². The fraction of sp³-hybridized carbons (Fsp3) is 0.231. The lowest BCUT2D eigenvalue weighted by molar-refractivity contribution is 0.101. The van der Waals surface area contributed by atoms with E-state index in [1.54, 1.807) is 25.5 Å². The molecule has 2 aromatic rings. The van der Waals surface area contributed by atoms with Crippen molar-refractivity contribution in [2.24, 2.45) is 12.2 Å². The average molecular weight is 308 g/mol. The van der Waals surface area contributed by atoms with Crippen LogP contribution in [0.4, 0.5) is 5.69 Å². The number of hydrogen-bond acceptors (Lipinski definition) is 4. The molecule has 7 nitrogen and oxygen atoms in total. The van der Waals surface area contributed by atoms with E-state index in [0.717, 1.165) is 11.1 Å². The fourth-order valence-electron chi connectivity index (χ4n) is 1.88. The number of carbonyl (C=O) groups is 1. The zero-order valence-electron chi connectivity index (χ0n) is 11.9. The van der Waals surface area contributed by atoms with E-state index in [4.69, 9.17) is 5.14 Å². The summed E-state index contributed by atoms with van der Waals surface area (Å²) in [5.41, 5.74) is 2.28. The van der Waals surface area contributed by atoms with Gasteiger partial charge in [0.1, 0.15) is 5.69 Å². The van der Waals surface area contributed by atoms with Gasteiger partial charge in [0.2, 0.25) is 10.0 Å². The monoisotopic (exact) mass is 308 g/mol. The number of nitrogens with two attached hydrogens (primary N) is 1. The van der Waals surface area contributed by atoms with Crippen molar-refractivity contribution >= 4 is 21.6 Å². The summed E-state index contributed by atoms with van der Waals surface area (Å²) in [5, 5.41) is 7.83. The molecular weight excluding hydrogens is 292 g/mol. The molecule has 0 saturated carbocycles. The molecule has 0 spiro atoms.